The monoisotopic (exact) mass is 305 g/mol. The second kappa shape index (κ2) is 7.13. The molecule has 0 aliphatic heterocycles. The van der Waals surface area contributed by atoms with E-state index in [1.54, 1.807) is 24.3 Å². The van der Waals surface area contributed by atoms with Crippen molar-refractivity contribution in [1.82, 2.24) is 0 Å². The number of nitrogens with one attached hydrogen (secondary N) is 1. The van der Waals surface area contributed by atoms with Crippen LogP contribution in [0.5, 0.6) is 0 Å². The van der Waals surface area contributed by atoms with Gasteiger partial charge in [-0.2, -0.15) is 0 Å². The van der Waals surface area contributed by atoms with Crippen molar-refractivity contribution in [2.45, 2.75) is 12.7 Å². The van der Waals surface area contributed by atoms with Crippen molar-refractivity contribution >= 4 is 22.4 Å². The standard InChI is InChI=1S/C16H16FNO2S/c1-12-2-8-15(9-3-12)18-16(19)11-21(20)10-13-4-6-14(17)7-5-13/h2-9H,10-11H2,1H3,(H,18,19). The summed E-state index contributed by atoms with van der Waals surface area (Å²) in [4.78, 5) is 11.8. The second-order valence-corrected chi connectivity index (χ2v) is 6.23. The third-order valence-electron chi connectivity index (χ3n) is 2.87. The molecule has 2 rings (SSSR count). The van der Waals surface area contributed by atoms with Crippen LogP contribution in [-0.2, 0) is 21.3 Å². The average Bonchev–Trinajstić information content (AvgIpc) is 2.44. The van der Waals surface area contributed by atoms with Gasteiger partial charge in [-0.25, -0.2) is 4.39 Å². The van der Waals surface area contributed by atoms with E-state index < -0.39 is 10.8 Å². The molecule has 0 aliphatic rings. The molecule has 1 amide bonds. The normalized spacial score (nSPS) is 11.9. The summed E-state index contributed by atoms with van der Waals surface area (Å²) in [5.74, 6) is -0.465. The molecule has 0 fully saturated rings. The maximum atomic E-state index is 12.8. The summed E-state index contributed by atoms with van der Waals surface area (Å²) in [5, 5.41) is 2.70. The van der Waals surface area contributed by atoms with E-state index in [9.17, 15) is 13.4 Å². The minimum absolute atomic E-state index is 0.0781. The Morgan fingerprint density at radius 2 is 1.71 bits per heavy atom. The minimum atomic E-state index is -1.32. The molecule has 0 saturated carbocycles. The third kappa shape index (κ3) is 5.11. The van der Waals surface area contributed by atoms with Crippen LogP contribution in [0.3, 0.4) is 0 Å². The first-order valence-electron chi connectivity index (χ1n) is 6.49. The molecular weight excluding hydrogens is 289 g/mol. The van der Waals surface area contributed by atoms with Gasteiger partial charge in [0.2, 0.25) is 5.91 Å². The van der Waals surface area contributed by atoms with Gasteiger partial charge < -0.3 is 5.32 Å². The van der Waals surface area contributed by atoms with Crippen LogP contribution in [0, 0.1) is 12.7 Å². The van der Waals surface area contributed by atoms with Crippen LogP contribution in [0.4, 0.5) is 10.1 Å². The van der Waals surface area contributed by atoms with Gasteiger partial charge in [-0.1, -0.05) is 29.8 Å². The van der Waals surface area contributed by atoms with Gasteiger partial charge in [0.25, 0.3) is 0 Å². The molecule has 2 aromatic carbocycles. The van der Waals surface area contributed by atoms with Crippen LogP contribution >= 0.6 is 0 Å². The van der Waals surface area contributed by atoms with Crippen molar-refractivity contribution in [2.24, 2.45) is 0 Å². The van der Waals surface area contributed by atoms with E-state index in [2.05, 4.69) is 5.32 Å². The molecule has 0 radical (unpaired) electrons. The van der Waals surface area contributed by atoms with Crippen LogP contribution in [0.15, 0.2) is 48.5 Å². The zero-order valence-electron chi connectivity index (χ0n) is 11.6. The topological polar surface area (TPSA) is 46.2 Å². The summed E-state index contributed by atoms with van der Waals surface area (Å²) >= 11 is 0. The fourth-order valence-corrected chi connectivity index (χ4v) is 2.83. The van der Waals surface area contributed by atoms with Gasteiger partial charge in [0.15, 0.2) is 0 Å². The Morgan fingerprint density at radius 3 is 2.33 bits per heavy atom. The minimum Gasteiger partial charge on any atom is -0.325 e. The molecule has 3 nitrogen and oxygen atoms in total. The Bertz CT molecular complexity index is 581. The lowest BCUT2D eigenvalue weighted by Gasteiger charge is -2.06. The van der Waals surface area contributed by atoms with Gasteiger partial charge >= 0.3 is 0 Å². The van der Waals surface area contributed by atoms with E-state index >= 15 is 0 Å². The number of benzene rings is 2. The zero-order valence-corrected chi connectivity index (χ0v) is 12.5. The van der Waals surface area contributed by atoms with Crippen molar-refractivity contribution < 1.29 is 13.4 Å². The largest absolute Gasteiger partial charge is 0.325 e. The van der Waals surface area contributed by atoms with Crippen molar-refractivity contribution in [3.05, 3.63) is 65.5 Å². The van der Waals surface area contributed by atoms with Crippen LogP contribution < -0.4 is 5.32 Å². The number of anilines is 1. The first-order chi connectivity index (χ1) is 10.0. The molecule has 0 heterocycles. The first kappa shape index (κ1) is 15.4. The van der Waals surface area contributed by atoms with E-state index in [0.717, 1.165) is 11.1 Å². The van der Waals surface area contributed by atoms with Gasteiger partial charge in [-0.3, -0.25) is 9.00 Å². The number of aryl methyl sites for hydroxylation is 1. The Morgan fingerprint density at radius 1 is 1.10 bits per heavy atom. The number of rotatable bonds is 5. The highest BCUT2D eigenvalue weighted by Gasteiger charge is 2.09. The van der Waals surface area contributed by atoms with Crippen molar-refractivity contribution in [1.29, 1.82) is 0 Å². The van der Waals surface area contributed by atoms with E-state index in [4.69, 9.17) is 0 Å². The molecule has 21 heavy (non-hydrogen) atoms. The summed E-state index contributed by atoms with van der Waals surface area (Å²) in [5.41, 5.74) is 2.54. The number of carbonyl (C=O) groups excluding carboxylic acids is 1. The Hall–Kier alpha value is -2.01. The number of carbonyl (C=O) groups is 1. The molecular formula is C16H16FNO2S. The maximum Gasteiger partial charge on any atom is 0.237 e. The predicted octanol–water partition coefficient (Wildman–Crippen LogP) is 3.02. The molecule has 0 spiro atoms. The number of hydrogen-bond donors (Lipinski definition) is 1. The number of hydrogen-bond acceptors (Lipinski definition) is 2. The van der Waals surface area contributed by atoms with Gasteiger partial charge in [0.05, 0.1) is 0 Å². The highest BCUT2D eigenvalue weighted by atomic mass is 32.2. The molecule has 1 N–H and O–H groups in total. The maximum absolute atomic E-state index is 12.8. The predicted molar refractivity (Wildman–Crippen MR) is 82.9 cm³/mol. The Kier molecular flexibility index (Phi) is 5.22. The van der Waals surface area contributed by atoms with Crippen molar-refractivity contribution in [3.63, 3.8) is 0 Å². The number of halogens is 1. The molecule has 0 aliphatic carbocycles. The fourth-order valence-electron chi connectivity index (χ4n) is 1.80. The van der Waals surface area contributed by atoms with E-state index in [-0.39, 0.29) is 23.2 Å². The van der Waals surface area contributed by atoms with E-state index in [1.165, 1.54) is 12.1 Å². The summed E-state index contributed by atoms with van der Waals surface area (Å²) in [6.45, 7) is 1.96. The van der Waals surface area contributed by atoms with Crippen LogP contribution in [0.25, 0.3) is 0 Å². The first-order valence-corrected chi connectivity index (χ1v) is 7.97. The summed E-state index contributed by atoms with van der Waals surface area (Å²) in [6.07, 6.45) is 0. The lowest BCUT2D eigenvalue weighted by molar-refractivity contribution is -0.113. The highest BCUT2D eigenvalue weighted by molar-refractivity contribution is 7.84. The fraction of sp³-hybridized carbons (Fsp3) is 0.188. The highest BCUT2D eigenvalue weighted by Crippen LogP contribution is 2.09. The summed E-state index contributed by atoms with van der Waals surface area (Å²) in [7, 11) is -1.32. The van der Waals surface area contributed by atoms with E-state index in [0.29, 0.717) is 5.69 Å². The molecule has 1 unspecified atom stereocenters. The SMILES string of the molecule is Cc1ccc(NC(=O)CS(=O)Cc2ccc(F)cc2)cc1. The molecule has 0 aromatic heterocycles. The van der Waals surface area contributed by atoms with Crippen LogP contribution in [-0.4, -0.2) is 15.9 Å². The van der Waals surface area contributed by atoms with Crippen molar-refractivity contribution in [2.75, 3.05) is 11.1 Å². The molecule has 0 bridgehead atoms. The smallest absolute Gasteiger partial charge is 0.237 e. The van der Waals surface area contributed by atoms with Gasteiger partial charge in [0, 0.05) is 22.2 Å². The van der Waals surface area contributed by atoms with Gasteiger partial charge in [-0.05, 0) is 36.8 Å². The summed E-state index contributed by atoms with van der Waals surface area (Å²) in [6, 6.07) is 13.2. The molecule has 0 saturated heterocycles. The second-order valence-electron chi connectivity index (χ2n) is 4.77. The van der Waals surface area contributed by atoms with Gasteiger partial charge in [0.1, 0.15) is 11.6 Å². The molecule has 1 atom stereocenters. The summed E-state index contributed by atoms with van der Waals surface area (Å²) < 4.78 is 24.7. The van der Waals surface area contributed by atoms with E-state index in [1.807, 2.05) is 19.1 Å². The lowest BCUT2D eigenvalue weighted by atomic mass is 10.2. The molecule has 5 heteroatoms. The number of amides is 1. The third-order valence-corrected chi connectivity index (χ3v) is 4.11. The Labute approximate surface area is 125 Å². The Balaban J connectivity index is 1.85. The lowest BCUT2D eigenvalue weighted by Crippen LogP contribution is -2.20. The molecule has 2 aromatic rings. The van der Waals surface area contributed by atoms with Gasteiger partial charge in [-0.15, -0.1) is 0 Å². The average molecular weight is 305 g/mol. The quantitative estimate of drug-likeness (QED) is 0.923. The van der Waals surface area contributed by atoms with Crippen LogP contribution in [0.2, 0.25) is 0 Å². The van der Waals surface area contributed by atoms with Crippen molar-refractivity contribution in [3.8, 4) is 0 Å². The molecule has 110 valence electrons. The van der Waals surface area contributed by atoms with Crippen LogP contribution in [0.1, 0.15) is 11.1 Å². The zero-order chi connectivity index (χ0) is 15.2.